The van der Waals surface area contributed by atoms with Crippen LogP contribution in [-0.2, 0) is 14.3 Å². The van der Waals surface area contributed by atoms with Gasteiger partial charge in [-0.05, 0) is 19.1 Å². The van der Waals surface area contributed by atoms with E-state index >= 15 is 0 Å². The van der Waals surface area contributed by atoms with E-state index in [4.69, 9.17) is 14.6 Å². The van der Waals surface area contributed by atoms with Crippen LogP contribution in [0.15, 0.2) is 24.3 Å². The number of carbonyl (C=O) groups excluding carboxylic acids is 1. The molecule has 1 atom stereocenters. The molecule has 1 N–H and O–H groups in total. The largest absolute Gasteiger partial charge is 0.497 e. The molecule has 0 aliphatic carbocycles. The Morgan fingerprint density at radius 2 is 1.83 bits per heavy atom. The maximum absolute atomic E-state index is 11.5. The van der Waals surface area contributed by atoms with Gasteiger partial charge in [0.05, 0.1) is 14.2 Å². The highest BCUT2D eigenvalue weighted by atomic mass is 16.6. The zero-order valence-corrected chi connectivity index (χ0v) is 10.3. The summed E-state index contributed by atoms with van der Waals surface area (Å²) in [5.41, 5.74) is -2.10. The van der Waals surface area contributed by atoms with Crippen molar-refractivity contribution >= 4 is 11.9 Å². The van der Waals surface area contributed by atoms with E-state index in [0.717, 1.165) is 14.0 Å². The average molecular weight is 254 g/mol. The molecule has 18 heavy (non-hydrogen) atoms. The number of methoxy groups -OCH3 is 2. The van der Waals surface area contributed by atoms with Crippen molar-refractivity contribution in [2.75, 3.05) is 14.2 Å². The summed E-state index contributed by atoms with van der Waals surface area (Å²) in [6, 6.07) is 6.29. The maximum atomic E-state index is 11.5. The fourth-order valence-electron chi connectivity index (χ4n) is 1.27. The predicted octanol–water partition coefficient (Wildman–Crippen LogP) is 1.09. The topological polar surface area (TPSA) is 82.1 Å². The van der Waals surface area contributed by atoms with Crippen LogP contribution in [0.4, 0.5) is 0 Å². The van der Waals surface area contributed by atoms with Crippen molar-refractivity contribution in [3.05, 3.63) is 24.3 Å². The third kappa shape index (κ3) is 2.71. The van der Waals surface area contributed by atoms with Crippen LogP contribution in [0.5, 0.6) is 11.5 Å². The van der Waals surface area contributed by atoms with E-state index < -0.39 is 17.5 Å². The summed E-state index contributed by atoms with van der Waals surface area (Å²) in [6.07, 6.45) is 0. The van der Waals surface area contributed by atoms with Gasteiger partial charge in [0.1, 0.15) is 11.5 Å². The van der Waals surface area contributed by atoms with E-state index in [-0.39, 0.29) is 5.75 Å². The summed E-state index contributed by atoms with van der Waals surface area (Å²) in [5, 5.41) is 9.06. The van der Waals surface area contributed by atoms with Crippen molar-refractivity contribution in [3.8, 4) is 11.5 Å². The number of ether oxygens (including phenoxy) is 3. The van der Waals surface area contributed by atoms with E-state index in [1.807, 2.05) is 0 Å². The number of rotatable bonds is 5. The lowest BCUT2D eigenvalue weighted by atomic mass is 10.1. The molecule has 0 heterocycles. The first kappa shape index (κ1) is 13.8. The van der Waals surface area contributed by atoms with E-state index in [1.54, 1.807) is 12.1 Å². The molecule has 0 saturated heterocycles. The zero-order chi connectivity index (χ0) is 13.8. The van der Waals surface area contributed by atoms with Gasteiger partial charge in [0.25, 0.3) is 5.60 Å². The van der Waals surface area contributed by atoms with Crippen molar-refractivity contribution in [1.82, 2.24) is 0 Å². The smallest absolute Gasteiger partial charge is 0.361 e. The minimum Gasteiger partial charge on any atom is -0.497 e. The number of carboxylic acids is 1. The summed E-state index contributed by atoms with van der Waals surface area (Å²) in [6.45, 7) is 1.13. The number of carboxylic acid groups (broad SMARTS) is 1. The van der Waals surface area contributed by atoms with E-state index in [0.29, 0.717) is 5.75 Å². The molecule has 0 bridgehead atoms. The standard InChI is InChI=1S/C12H14O6/c1-12(10(13)14,11(15)17-3)18-9-6-4-5-8(7-9)16-2/h4-7H,1-3H3,(H,13,14). The molecule has 0 aliphatic rings. The van der Waals surface area contributed by atoms with Crippen LogP contribution < -0.4 is 9.47 Å². The molecule has 6 nitrogen and oxygen atoms in total. The van der Waals surface area contributed by atoms with Crippen molar-refractivity contribution in [2.24, 2.45) is 0 Å². The first-order valence-electron chi connectivity index (χ1n) is 5.09. The Hall–Kier alpha value is -2.24. The molecule has 1 rings (SSSR count). The maximum Gasteiger partial charge on any atom is 0.361 e. The molecule has 1 aromatic carbocycles. The average Bonchev–Trinajstić information content (AvgIpc) is 2.37. The molecule has 0 saturated carbocycles. The number of hydrogen-bond donors (Lipinski definition) is 1. The minimum absolute atomic E-state index is 0.199. The van der Waals surface area contributed by atoms with Gasteiger partial charge in [-0.25, -0.2) is 9.59 Å². The lowest BCUT2D eigenvalue weighted by molar-refractivity contribution is -0.172. The van der Waals surface area contributed by atoms with Crippen LogP contribution >= 0.6 is 0 Å². The third-order valence-electron chi connectivity index (χ3n) is 2.35. The SMILES string of the molecule is COC(=O)C(C)(Oc1cccc(OC)c1)C(=O)O. The molecule has 0 spiro atoms. The Bertz CT molecular complexity index is 456. The summed E-state index contributed by atoms with van der Waals surface area (Å²) < 4.78 is 14.6. The van der Waals surface area contributed by atoms with Crippen LogP contribution in [-0.4, -0.2) is 36.9 Å². The summed E-state index contributed by atoms with van der Waals surface area (Å²) in [4.78, 5) is 22.6. The molecular weight excluding hydrogens is 240 g/mol. The van der Waals surface area contributed by atoms with Gasteiger partial charge in [0.15, 0.2) is 0 Å². The summed E-state index contributed by atoms with van der Waals surface area (Å²) >= 11 is 0. The third-order valence-corrected chi connectivity index (χ3v) is 2.35. The van der Waals surface area contributed by atoms with Crippen molar-refractivity contribution in [2.45, 2.75) is 12.5 Å². The molecule has 0 radical (unpaired) electrons. The van der Waals surface area contributed by atoms with Gasteiger partial charge in [0.2, 0.25) is 0 Å². The Morgan fingerprint density at radius 1 is 1.22 bits per heavy atom. The minimum atomic E-state index is -2.10. The second-order valence-corrected chi connectivity index (χ2v) is 3.61. The summed E-state index contributed by atoms with van der Waals surface area (Å²) in [5.74, 6) is -1.73. The normalized spacial score (nSPS) is 13.3. The zero-order valence-electron chi connectivity index (χ0n) is 10.3. The quantitative estimate of drug-likeness (QED) is 0.625. The molecule has 0 amide bonds. The second-order valence-electron chi connectivity index (χ2n) is 3.61. The van der Waals surface area contributed by atoms with Gasteiger partial charge in [0, 0.05) is 6.07 Å². The molecule has 1 unspecified atom stereocenters. The fourth-order valence-corrected chi connectivity index (χ4v) is 1.27. The monoisotopic (exact) mass is 254 g/mol. The molecule has 0 aromatic heterocycles. The van der Waals surface area contributed by atoms with Crippen molar-refractivity contribution < 1.29 is 28.9 Å². The number of carbonyl (C=O) groups is 2. The van der Waals surface area contributed by atoms with Crippen LogP contribution in [0.25, 0.3) is 0 Å². The summed E-state index contributed by atoms with van der Waals surface area (Å²) in [7, 11) is 2.56. The predicted molar refractivity (Wildman–Crippen MR) is 61.7 cm³/mol. The highest BCUT2D eigenvalue weighted by molar-refractivity contribution is 6.02. The van der Waals surface area contributed by atoms with Gasteiger partial charge in [-0.15, -0.1) is 0 Å². The fraction of sp³-hybridized carbons (Fsp3) is 0.333. The van der Waals surface area contributed by atoms with Gasteiger partial charge in [-0.3, -0.25) is 0 Å². The Labute approximate surface area is 104 Å². The Balaban J connectivity index is 3.03. The lowest BCUT2D eigenvalue weighted by Gasteiger charge is -2.23. The van der Waals surface area contributed by atoms with Crippen molar-refractivity contribution in [1.29, 1.82) is 0 Å². The molecular formula is C12H14O6. The van der Waals surface area contributed by atoms with Crippen LogP contribution in [0.2, 0.25) is 0 Å². The second kappa shape index (κ2) is 5.39. The number of esters is 1. The van der Waals surface area contributed by atoms with Crippen LogP contribution in [0.1, 0.15) is 6.92 Å². The van der Waals surface area contributed by atoms with Gasteiger partial charge in [-0.1, -0.05) is 6.07 Å². The van der Waals surface area contributed by atoms with E-state index in [1.165, 1.54) is 19.2 Å². The molecule has 0 aliphatic heterocycles. The highest BCUT2D eigenvalue weighted by Gasteiger charge is 2.45. The molecule has 98 valence electrons. The van der Waals surface area contributed by atoms with Crippen LogP contribution in [0.3, 0.4) is 0 Å². The van der Waals surface area contributed by atoms with E-state index in [9.17, 15) is 9.59 Å². The Morgan fingerprint density at radius 3 is 2.33 bits per heavy atom. The molecule has 1 aromatic rings. The number of aliphatic carboxylic acids is 1. The first-order valence-corrected chi connectivity index (χ1v) is 5.09. The number of benzene rings is 1. The number of hydrogen-bond acceptors (Lipinski definition) is 5. The van der Waals surface area contributed by atoms with Crippen molar-refractivity contribution in [3.63, 3.8) is 0 Å². The highest BCUT2D eigenvalue weighted by Crippen LogP contribution is 2.24. The first-order chi connectivity index (χ1) is 8.43. The lowest BCUT2D eigenvalue weighted by Crippen LogP contribution is -2.49. The van der Waals surface area contributed by atoms with Gasteiger partial charge >= 0.3 is 11.9 Å². The van der Waals surface area contributed by atoms with Gasteiger partial charge in [-0.2, -0.15) is 0 Å². The molecule has 6 heteroatoms. The Kier molecular flexibility index (Phi) is 4.14. The van der Waals surface area contributed by atoms with Gasteiger partial charge < -0.3 is 19.3 Å². The van der Waals surface area contributed by atoms with Crippen LogP contribution in [0, 0.1) is 0 Å². The molecule has 0 fully saturated rings. The van der Waals surface area contributed by atoms with E-state index in [2.05, 4.69) is 4.74 Å².